The van der Waals surface area contributed by atoms with Gasteiger partial charge in [0.1, 0.15) is 0 Å². The highest BCUT2D eigenvalue weighted by Gasteiger charge is 2.18. The number of benzene rings is 1. The second kappa shape index (κ2) is 4.62. The molecule has 0 fully saturated rings. The maximum atomic E-state index is 9.71. The van der Waals surface area contributed by atoms with E-state index in [2.05, 4.69) is 4.98 Å². The first-order valence-electron chi connectivity index (χ1n) is 4.67. The topological polar surface area (TPSA) is 42.4 Å². The zero-order chi connectivity index (χ0) is 10.5. The zero-order valence-corrected chi connectivity index (χ0v) is 8.08. The number of hydrogen-bond acceptors (Lipinski definition) is 3. The number of aromatic nitrogens is 1. The highest BCUT2D eigenvalue weighted by molar-refractivity contribution is 6.60. The summed E-state index contributed by atoms with van der Waals surface area (Å²) in [5.41, 5.74) is 0.711. The summed E-state index contributed by atoms with van der Waals surface area (Å²) < 4.78 is 5.24. The van der Waals surface area contributed by atoms with Gasteiger partial charge in [-0.15, -0.1) is 0 Å². The minimum Gasteiger partial charge on any atom is -0.518 e. The molecular formula is C11H10BNO2. The van der Waals surface area contributed by atoms with Crippen LogP contribution in [0.2, 0.25) is 0 Å². The molecule has 0 radical (unpaired) electrons. The number of nitrogens with zero attached hydrogens (tertiary/aromatic N) is 1. The van der Waals surface area contributed by atoms with Gasteiger partial charge in [-0.3, -0.25) is 0 Å². The summed E-state index contributed by atoms with van der Waals surface area (Å²) in [5, 5.41) is 9.71. The molecule has 4 heteroatoms. The van der Waals surface area contributed by atoms with Gasteiger partial charge in [-0.1, -0.05) is 36.4 Å². The molecule has 1 aromatic heterocycles. The Kier molecular flexibility index (Phi) is 3.00. The van der Waals surface area contributed by atoms with Crippen LogP contribution in [0.15, 0.2) is 54.7 Å². The van der Waals surface area contributed by atoms with Crippen LogP contribution in [-0.2, 0) is 0 Å². The monoisotopic (exact) mass is 199 g/mol. The fraction of sp³-hybridized carbons (Fsp3) is 0. The third-order valence-corrected chi connectivity index (χ3v) is 1.95. The fourth-order valence-electron chi connectivity index (χ4n) is 1.22. The van der Waals surface area contributed by atoms with E-state index in [1.807, 2.05) is 18.2 Å². The molecule has 0 amide bonds. The van der Waals surface area contributed by atoms with Crippen molar-refractivity contribution in [1.82, 2.24) is 4.98 Å². The summed E-state index contributed by atoms with van der Waals surface area (Å²) >= 11 is 0. The Morgan fingerprint density at radius 2 is 1.73 bits per heavy atom. The lowest BCUT2D eigenvalue weighted by molar-refractivity contribution is 0.423. The van der Waals surface area contributed by atoms with Crippen LogP contribution in [0.1, 0.15) is 0 Å². The molecule has 74 valence electrons. The average Bonchev–Trinajstić information content (AvgIpc) is 2.31. The molecule has 2 aromatic rings. The largest absolute Gasteiger partial charge is 0.561 e. The van der Waals surface area contributed by atoms with Crippen LogP contribution in [0.25, 0.3) is 0 Å². The molecule has 3 nitrogen and oxygen atoms in total. The van der Waals surface area contributed by atoms with E-state index in [-0.39, 0.29) is 0 Å². The highest BCUT2D eigenvalue weighted by atomic mass is 16.5. The predicted octanol–water partition coefficient (Wildman–Crippen LogP) is 0.848. The Morgan fingerprint density at radius 1 is 1.00 bits per heavy atom. The van der Waals surface area contributed by atoms with Gasteiger partial charge in [-0.05, 0) is 17.6 Å². The molecule has 1 N–H and O–H groups in total. The van der Waals surface area contributed by atoms with Gasteiger partial charge in [-0.25, -0.2) is 4.98 Å². The number of rotatable bonds is 3. The molecule has 0 unspecified atom stereocenters. The van der Waals surface area contributed by atoms with Gasteiger partial charge in [0.05, 0.1) is 0 Å². The molecule has 0 aliphatic rings. The van der Waals surface area contributed by atoms with Gasteiger partial charge in [0.25, 0.3) is 0 Å². The van der Waals surface area contributed by atoms with Crippen molar-refractivity contribution in [3.8, 4) is 5.88 Å². The van der Waals surface area contributed by atoms with E-state index >= 15 is 0 Å². The third-order valence-electron chi connectivity index (χ3n) is 1.95. The van der Waals surface area contributed by atoms with Gasteiger partial charge in [0, 0.05) is 6.20 Å². The number of hydrogen-bond donors (Lipinski definition) is 1. The molecule has 0 saturated carbocycles. The summed E-state index contributed by atoms with van der Waals surface area (Å²) in [6, 6.07) is 14.5. The van der Waals surface area contributed by atoms with Gasteiger partial charge in [0.15, 0.2) is 5.88 Å². The van der Waals surface area contributed by atoms with Crippen LogP contribution in [0, 0.1) is 0 Å². The minimum atomic E-state index is -0.971. The van der Waals surface area contributed by atoms with Crippen molar-refractivity contribution in [2.45, 2.75) is 0 Å². The van der Waals surface area contributed by atoms with Crippen molar-refractivity contribution in [1.29, 1.82) is 0 Å². The maximum absolute atomic E-state index is 9.71. The normalized spacial score (nSPS) is 9.67. The first-order valence-corrected chi connectivity index (χ1v) is 4.67. The quantitative estimate of drug-likeness (QED) is 0.745. The Balaban J connectivity index is 2.08. The van der Waals surface area contributed by atoms with Crippen molar-refractivity contribution in [2.24, 2.45) is 0 Å². The Bertz CT molecular complexity index is 407. The summed E-state index contributed by atoms with van der Waals surface area (Å²) in [6.07, 6.45) is 1.62. The SMILES string of the molecule is OB(Oc1ccccn1)c1ccccc1. The van der Waals surface area contributed by atoms with E-state index in [9.17, 15) is 5.02 Å². The minimum absolute atomic E-state index is 0.411. The number of pyridine rings is 1. The standard InChI is InChI=1S/C11H10BNO2/c14-12(10-6-2-1-3-7-10)15-11-8-4-5-9-13-11/h1-9,14H. The van der Waals surface area contributed by atoms with Crippen LogP contribution in [0.3, 0.4) is 0 Å². The first kappa shape index (κ1) is 9.74. The molecule has 0 saturated heterocycles. The smallest absolute Gasteiger partial charge is 0.518 e. The van der Waals surface area contributed by atoms with Gasteiger partial charge in [-0.2, -0.15) is 0 Å². The van der Waals surface area contributed by atoms with Crippen molar-refractivity contribution >= 4 is 12.6 Å². The maximum Gasteiger partial charge on any atom is 0.561 e. The van der Waals surface area contributed by atoms with Gasteiger partial charge < -0.3 is 9.68 Å². The molecule has 2 rings (SSSR count). The van der Waals surface area contributed by atoms with Crippen LogP contribution < -0.4 is 10.1 Å². The molecule has 0 aliphatic heterocycles. The first-order chi connectivity index (χ1) is 7.36. The van der Waals surface area contributed by atoms with E-state index in [0.29, 0.717) is 11.3 Å². The summed E-state index contributed by atoms with van der Waals surface area (Å²) in [6.45, 7) is 0. The molecule has 0 bridgehead atoms. The van der Waals surface area contributed by atoms with E-state index in [1.54, 1.807) is 36.5 Å². The second-order valence-corrected chi connectivity index (χ2v) is 3.05. The molecule has 0 spiro atoms. The van der Waals surface area contributed by atoms with E-state index in [1.165, 1.54) is 0 Å². The Labute approximate surface area is 88.5 Å². The van der Waals surface area contributed by atoms with Crippen molar-refractivity contribution in [3.05, 3.63) is 54.7 Å². The fourth-order valence-corrected chi connectivity index (χ4v) is 1.22. The predicted molar refractivity (Wildman–Crippen MR) is 58.9 cm³/mol. The molecule has 1 aromatic carbocycles. The lowest BCUT2D eigenvalue weighted by atomic mass is 9.80. The van der Waals surface area contributed by atoms with E-state index in [4.69, 9.17) is 4.65 Å². The molecule has 15 heavy (non-hydrogen) atoms. The lowest BCUT2D eigenvalue weighted by Gasteiger charge is -2.08. The Hall–Kier alpha value is -1.81. The van der Waals surface area contributed by atoms with Crippen LogP contribution in [0.5, 0.6) is 5.88 Å². The highest BCUT2D eigenvalue weighted by Crippen LogP contribution is 2.03. The van der Waals surface area contributed by atoms with Gasteiger partial charge >= 0.3 is 7.12 Å². The second-order valence-electron chi connectivity index (χ2n) is 3.05. The summed E-state index contributed by atoms with van der Waals surface area (Å²) in [4.78, 5) is 3.96. The molecule has 0 aliphatic carbocycles. The van der Waals surface area contributed by atoms with Gasteiger partial charge in [0.2, 0.25) is 0 Å². The molecular weight excluding hydrogens is 189 g/mol. The Morgan fingerprint density at radius 3 is 2.40 bits per heavy atom. The summed E-state index contributed by atoms with van der Waals surface area (Å²) in [5.74, 6) is 0.411. The summed E-state index contributed by atoms with van der Waals surface area (Å²) in [7, 11) is -0.971. The average molecular weight is 199 g/mol. The van der Waals surface area contributed by atoms with Crippen LogP contribution in [-0.4, -0.2) is 17.1 Å². The van der Waals surface area contributed by atoms with E-state index < -0.39 is 7.12 Å². The van der Waals surface area contributed by atoms with Crippen molar-refractivity contribution < 1.29 is 9.68 Å². The third kappa shape index (κ3) is 2.57. The van der Waals surface area contributed by atoms with Crippen LogP contribution >= 0.6 is 0 Å². The van der Waals surface area contributed by atoms with Crippen molar-refractivity contribution in [3.63, 3.8) is 0 Å². The van der Waals surface area contributed by atoms with Crippen molar-refractivity contribution in [2.75, 3.05) is 0 Å². The lowest BCUT2D eigenvalue weighted by Crippen LogP contribution is -2.36. The van der Waals surface area contributed by atoms with E-state index in [0.717, 1.165) is 0 Å². The molecule has 1 heterocycles. The molecule has 0 atom stereocenters. The zero-order valence-electron chi connectivity index (χ0n) is 8.08. The van der Waals surface area contributed by atoms with Crippen LogP contribution in [0.4, 0.5) is 0 Å².